The summed E-state index contributed by atoms with van der Waals surface area (Å²) in [6.45, 7) is 5.61. The summed E-state index contributed by atoms with van der Waals surface area (Å²) in [5.74, 6) is 0.209. The van der Waals surface area contributed by atoms with Crippen LogP contribution in [0.2, 0.25) is 0 Å². The van der Waals surface area contributed by atoms with Crippen molar-refractivity contribution in [1.82, 2.24) is 4.90 Å². The minimum absolute atomic E-state index is 0.269. The third kappa shape index (κ3) is 4.87. The number of hydrogen-bond acceptors (Lipinski definition) is 5. The maximum Gasteiger partial charge on any atom is 0.411 e. The topological polar surface area (TPSA) is 65.1 Å². The Labute approximate surface area is 150 Å². The van der Waals surface area contributed by atoms with Crippen molar-refractivity contribution in [3.05, 3.63) is 28.7 Å². The molecular formula is C17H22BrNO5. The van der Waals surface area contributed by atoms with Gasteiger partial charge in [0.25, 0.3) is 0 Å². The number of methoxy groups -OCH3 is 1. The van der Waals surface area contributed by atoms with Gasteiger partial charge in [0.2, 0.25) is 0 Å². The average Bonchev–Trinajstić information content (AvgIpc) is 2.91. The van der Waals surface area contributed by atoms with Gasteiger partial charge in [0.05, 0.1) is 13.7 Å². The van der Waals surface area contributed by atoms with Crippen LogP contribution in [0.3, 0.4) is 0 Å². The first-order valence-corrected chi connectivity index (χ1v) is 8.48. The summed E-state index contributed by atoms with van der Waals surface area (Å²) in [5.41, 5.74) is -0.637. The largest absolute Gasteiger partial charge is 0.488 e. The number of rotatable bonds is 3. The molecule has 2 atom stereocenters. The van der Waals surface area contributed by atoms with E-state index in [9.17, 15) is 9.59 Å². The molecule has 6 nitrogen and oxygen atoms in total. The molecule has 0 unspecified atom stereocenters. The van der Waals surface area contributed by atoms with Crippen molar-refractivity contribution in [2.24, 2.45) is 0 Å². The number of hydrogen-bond donors (Lipinski definition) is 0. The molecule has 0 spiro atoms. The zero-order valence-electron chi connectivity index (χ0n) is 14.2. The van der Waals surface area contributed by atoms with Gasteiger partial charge in [-0.2, -0.15) is 0 Å². The molecule has 0 aliphatic carbocycles. The van der Waals surface area contributed by atoms with Crippen LogP contribution in [0, 0.1) is 0 Å². The van der Waals surface area contributed by atoms with E-state index in [1.807, 2.05) is 24.3 Å². The summed E-state index contributed by atoms with van der Waals surface area (Å²) in [7, 11) is 1.30. The molecule has 1 aromatic rings. The average molecular weight is 400 g/mol. The van der Waals surface area contributed by atoms with Crippen LogP contribution in [0.1, 0.15) is 27.2 Å². The highest BCUT2D eigenvalue weighted by molar-refractivity contribution is 9.10. The molecule has 2 rings (SSSR count). The SMILES string of the molecule is COC(=O)[C@@H]1C[C@H](Oc2ccc(Br)cc2)CN1C(=O)OC(C)(C)C. The van der Waals surface area contributed by atoms with Gasteiger partial charge in [0.15, 0.2) is 0 Å². The summed E-state index contributed by atoms with van der Waals surface area (Å²) in [5, 5.41) is 0. The van der Waals surface area contributed by atoms with Crippen LogP contribution >= 0.6 is 15.9 Å². The van der Waals surface area contributed by atoms with E-state index in [4.69, 9.17) is 14.2 Å². The molecule has 1 aromatic carbocycles. The summed E-state index contributed by atoms with van der Waals surface area (Å²) in [4.78, 5) is 25.7. The number of esters is 1. The standard InChI is InChI=1S/C17H22BrNO5/c1-17(2,3)24-16(21)19-10-13(9-14(19)15(20)22-4)23-12-7-5-11(18)6-8-12/h5-8,13-14H,9-10H2,1-4H3/t13-,14-/m0/s1. The van der Waals surface area contributed by atoms with Gasteiger partial charge in [-0.3, -0.25) is 4.90 Å². The molecule has 0 bridgehead atoms. The third-order valence-corrected chi connectivity index (χ3v) is 4.01. The highest BCUT2D eigenvalue weighted by atomic mass is 79.9. The number of nitrogens with zero attached hydrogens (tertiary/aromatic N) is 1. The molecule has 1 aliphatic heterocycles. The van der Waals surface area contributed by atoms with Crippen LogP contribution in [-0.4, -0.2) is 48.4 Å². The summed E-state index contributed by atoms with van der Waals surface area (Å²) in [6.07, 6.45) is -0.482. The van der Waals surface area contributed by atoms with Crippen molar-refractivity contribution >= 4 is 28.0 Å². The van der Waals surface area contributed by atoms with Gasteiger partial charge < -0.3 is 14.2 Å². The first-order chi connectivity index (χ1) is 11.2. The van der Waals surface area contributed by atoms with Crippen molar-refractivity contribution in [3.8, 4) is 5.75 Å². The number of ether oxygens (including phenoxy) is 3. The second-order valence-electron chi connectivity index (χ2n) is 6.60. The second-order valence-corrected chi connectivity index (χ2v) is 7.52. The van der Waals surface area contributed by atoms with Crippen LogP contribution < -0.4 is 4.74 Å². The van der Waals surface area contributed by atoms with E-state index in [0.29, 0.717) is 12.2 Å². The van der Waals surface area contributed by atoms with Crippen molar-refractivity contribution in [2.45, 2.75) is 44.9 Å². The third-order valence-electron chi connectivity index (χ3n) is 3.48. The van der Waals surface area contributed by atoms with Crippen LogP contribution in [0.4, 0.5) is 4.79 Å². The molecular weight excluding hydrogens is 378 g/mol. The van der Waals surface area contributed by atoms with Crippen molar-refractivity contribution in [1.29, 1.82) is 0 Å². The van der Waals surface area contributed by atoms with Crippen molar-refractivity contribution in [2.75, 3.05) is 13.7 Å². The highest BCUT2D eigenvalue weighted by Gasteiger charge is 2.43. The van der Waals surface area contributed by atoms with Crippen LogP contribution in [0.25, 0.3) is 0 Å². The zero-order chi connectivity index (χ0) is 17.9. The number of halogens is 1. The maximum atomic E-state index is 12.4. The van der Waals surface area contributed by atoms with Crippen LogP contribution in [-0.2, 0) is 14.3 Å². The lowest BCUT2D eigenvalue weighted by Crippen LogP contribution is -2.44. The van der Waals surface area contributed by atoms with Gasteiger partial charge in [0.1, 0.15) is 23.5 Å². The number of carbonyl (C=O) groups excluding carboxylic acids is 2. The van der Waals surface area contributed by atoms with E-state index in [2.05, 4.69) is 15.9 Å². The fourth-order valence-electron chi connectivity index (χ4n) is 2.47. The molecule has 1 saturated heterocycles. The predicted molar refractivity (Wildman–Crippen MR) is 91.9 cm³/mol. The lowest BCUT2D eigenvalue weighted by atomic mass is 10.2. The molecule has 132 valence electrons. The van der Waals surface area contributed by atoms with E-state index in [0.717, 1.165) is 4.47 Å². The molecule has 1 heterocycles. The van der Waals surface area contributed by atoms with Crippen LogP contribution in [0.5, 0.6) is 5.75 Å². The molecule has 24 heavy (non-hydrogen) atoms. The molecule has 0 radical (unpaired) electrons. The Balaban J connectivity index is 2.09. The Hall–Kier alpha value is -1.76. The van der Waals surface area contributed by atoms with Gasteiger partial charge >= 0.3 is 12.1 Å². The molecule has 1 amide bonds. The van der Waals surface area contributed by atoms with E-state index >= 15 is 0 Å². The molecule has 1 fully saturated rings. The fraction of sp³-hybridized carbons (Fsp3) is 0.529. The monoisotopic (exact) mass is 399 g/mol. The first-order valence-electron chi connectivity index (χ1n) is 7.69. The lowest BCUT2D eigenvalue weighted by Gasteiger charge is -2.27. The molecule has 0 aromatic heterocycles. The Bertz CT molecular complexity index is 596. The van der Waals surface area contributed by atoms with Gasteiger partial charge in [0, 0.05) is 10.9 Å². The fourth-order valence-corrected chi connectivity index (χ4v) is 2.73. The Morgan fingerprint density at radius 2 is 1.83 bits per heavy atom. The second kappa shape index (κ2) is 7.42. The van der Waals surface area contributed by atoms with Gasteiger partial charge in [-0.15, -0.1) is 0 Å². The van der Waals surface area contributed by atoms with Gasteiger partial charge in [-0.25, -0.2) is 9.59 Å². The number of amides is 1. The Kier molecular flexibility index (Phi) is 5.74. The minimum Gasteiger partial charge on any atom is -0.488 e. The normalized spacial score (nSPS) is 20.6. The van der Waals surface area contributed by atoms with Crippen LogP contribution in [0.15, 0.2) is 28.7 Å². The van der Waals surface area contributed by atoms with Crippen molar-refractivity contribution in [3.63, 3.8) is 0 Å². The summed E-state index contributed by atoms with van der Waals surface area (Å²) < 4.78 is 17.0. The van der Waals surface area contributed by atoms with E-state index in [1.54, 1.807) is 20.8 Å². The minimum atomic E-state index is -0.703. The molecule has 0 N–H and O–H groups in total. The quantitative estimate of drug-likeness (QED) is 0.728. The Morgan fingerprint density at radius 1 is 1.21 bits per heavy atom. The smallest absolute Gasteiger partial charge is 0.411 e. The molecule has 7 heteroatoms. The molecule has 1 aliphatic rings. The van der Waals surface area contributed by atoms with Gasteiger partial charge in [-0.05, 0) is 45.0 Å². The van der Waals surface area contributed by atoms with E-state index in [1.165, 1.54) is 12.0 Å². The summed E-state index contributed by atoms with van der Waals surface area (Å²) >= 11 is 3.37. The van der Waals surface area contributed by atoms with Gasteiger partial charge in [-0.1, -0.05) is 15.9 Å². The Morgan fingerprint density at radius 3 is 2.38 bits per heavy atom. The number of likely N-dealkylation sites (tertiary alicyclic amines) is 1. The van der Waals surface area contributed by atoms with E-state index < -0.39 is 23.7 Å². The predicted octanol–water partition coefficient (Wildman–Crippen LogP) is 3.38. The summed E-state index contributed by atoms with van der Waals surface area (Å²) in [6, 6.07) is 6.69. The molecule has 0 saturated carbocycles. The number of carbonyl (C=O) groups is 2. The number of benzene rings is 1. The zero-order valence-corrected chi connectivity index (χ0v) is 15.8. The van der Waals surface area contributed by atoms with E-state index in [-0.39, 0.29) is 12.6 Å². The maximum absolute atomic E-state index is 12.4. The highest BCUT2D eigenvalue weighted by Crippen LogP contribution is 2.26. The van der Waals surface area contributed by atoms with Crippen molar-refractivity contribution < 1.29 is 23.8 Å². The lowest BCUT2D eigenvalue weighted by molar-refractivity contribution is -0.145. The first kappa shape index (κ1) is 18.6.